The van der Waals surface area contributed by atoms with Gasteiger partial charge in [-0.1, -0.05) is 23.2 Å². The number of ether oxygens (including phenoxy) is 2. The van der Waals surface area contributed by atoms with Gasteiger partial charge in [-0.05, 0) is 118 Å². The van der Waals surface area contributed by atoms with Crippen LogP contribution in [0, 0.1) is 10.1 Å². The standard InChI is InChI=1S/C20H16ClNO5.C20H18ClNO3/c1-2-26-20(23)18-15-9-14(11-3-4-11)16(22(24)25)10-17(15)27-19(18)12-5-7-13(21)8-6-12;1-2-24-20(23)18-15-9-14(11-3-4-11)16(22)10-17(15)25-19(18)12-5-7-13(21)8-6-12/h5-11H,2-4H2,1H3;5-11H,2-4,22H2,1H3. The van der Waals surface area contributed by atoms with Gasteiger partial charge in [0.05, 0.1) is 24.2 Å². The fourth-order valence-corrected chi connectivity index (χ4v) is 6.62. The zero-order valence-electron chi connectivity index (χ0n) is 28.4. The van der Waals surface area contributed by atoms with Gasteiger partial charge in [-0.3, -0.25) is 10.1 Å². The van der Waals surface area contributed by atoms with Crippen LogP contribution < -0.4 is 5.73 Å². The Labute approximate surface area is 308 Å². The van der Waals surface area contributed by atoms with Gasteiger partial charge >= 0.3 is 11.9 Å². The van der Waals surface area contributed by atoms with Gasteiger partial charge in [-0.2, -0.15) is 0 Å². The summed E-state index contributed by atoms with van der Waals surface area (Å²) in [6, 6.07) is 21.0. The summed E-state index contributed by atoms with van der Waals surface area (Å²) in [7, 11) is 0. The fraction of sp³-hybridized carbons (Fsp3) is 0.250. The summed E-state index contributed by atoms with van der Waals surface area (Å²) in [5.41, 5.74) is 11.7. The van der Waals surface area contributed by atoms with Crippen molar-refractivity contribution in [3.63, 3.8) is 0 Å². The molecule has 10 nitrogen and oxygen atoms in total. The number of benzene rings is 4. The molecule has 12 heteroatoms. The first-order chi connectivity index (χ1) is 25.1. The molecule has 2 N–H and O–H groups in total. The van der Waals surface area contributed by atoms with Gasteiger partial charge in [0.25, 0.3) is 5.69 Å². The zero-order valence-corrected chi connectivity index (χ0v) is 29.9. The van der Waals surface area contributed by atoms with Gasteiger partial charge in [0, 0.05) is 49.3 Å². The van der Waals surface area contributed by atoms with Gasteiger partial charge in [0.15, 0.2) is 0 Å². The molecule has 2 aliphatic carbocycles. The van der Waals surface area contributed by atoms with E-state index in [2.05, 4.69) is 0 Å². The lowest BCUT2D eigenvalue weighted by atomic mass is 10.0. The minimum absolute atomic E-state index is 0.0248. The molecule has 52 heavy (non-hydrogen) atoms. The highest BCUT2D eigenvalue weighted by Crippen LogP contribution is 2.48. The van der Waals surface area contributed by atoms with E-state index in [0.717, 1.165) is 42.2 Å². The Morgan fingerprint density at radius 2 is 1.15 bits per heavy atom. The first-order valence-electron chi connectivity index (χ1n) is 17.0. The molecular formula is C40H34Cl2N2O8. The molecule has 2 fully saturated rings. The van der Waals surface area contributed by atoms with Crippen molar-refractivity contribution in [1.82, 2.24) is 0 Å². The predicted octanol–water partition coefficient (Wildman–Crippen LogP) is 11.1. The molecule has 6 aromatic rings. The molecule has 0 aliphatic heterocycles. The second-order valence-corrected chi connectivity index (χ2v) is 13.6. The molecule has 266 valence electrons. The van der Waals surface area contributed by atoms with Crippen LogP contribution in [-0.4, -0.2) is 30.1 Å². The number of halogens is 2. The summed E-state index contributed by atoms with van der Waals surface area (Å²) >= 11 is 11.9. The Morgan fingerprint density at radius 3 is 1.58 bits per heavy atom. The number of nitrogens with two attached hydrogens (primary N) is 1. The van der Waals surface area contributed by atoms with Crippen LogP contribution in [0.5, 0.6) is 0 Å². The molecule has 0 spiro atoms. The van der Waals surface area contributed by atoms with E-state index in [9.17, 15) is 19.7 Å². The monoisotopic (exact) mass is 740 g/mol. The number of carbonyl (C=O) groups excluding carboxylic acids is 2. The largest absolute Gasteiger partial charge is 0.462 e. The van der Waals surface area contributed by atoms with E-state index in [1.165, 1.54) is 6.07 Å². The molecule has 0 unspecified atom stereocenters. The number of fused-ring (bicyclic) bond motifs is 2. The van der Waals surface area contributed by atoms with E-state index in [1.54, 1.807) is 56.3 Å². The van der Waals surface area contributed by atoms with Crippen molar-refractivity contribution in [2.75, 3.05) is 18.9 Å². The molecular weight excluding hydrogens is 707 g/mol. The first-order valence-corrected chi connectivity index (χ1v) is 17.8. The van der Waals surface area contributed by atoms with E-state index >= 15 is 0 Å². The third-order valence-electron chi connectivity index (χ3n) is 9.13. The van der Waals surface area contributed by atoms with E-state index < -0.39 is 16.9 Å². The Hall–Kier alpha value is -5.32. The molecule has 0 bridgehead atoms. The van der Waals surface area contributed by atoms with Crippen molar-refractivity contribution in [2.24, 2.45) is 0 Å². The third kappa shape index (κ3) is 6.96. The number of furan rings is 2. The fourth-order valence-electron chi connectivity index (χ4n) is 6.37. The summed E-state index contributed by atoms with van der Waals surface area (Å²) in [6.45, 7) is 4.03. The third-order valence-corrected chi connectivity index (χ3v) is 9.64. The average Bonchev–Trinajstić information content (AvgIpc) is 4.07. The number of nitrogen functional groups attached to an aromatic ring is 1. The number of esters is 2. The molecule has 4 aromatic carbocycles. The molecule has 2 aliphatic rings. The van der Waals surface area contributed by atoms with Crippen LogP contribution in [0.4, 0.5) is 11.4 Å². The highest BCUT2D eigenvalue weighted by molar-refractivity contribution is 6.31. The number of rotatable bonds is 9. The van der Waals surface area contributed by atoms with Gasteiger partial charge in [-0.15, -0.1) is 0 Å². The van der Waals surface area contributed by atoms with Gasteiger partial charge in [0.2, 0.25) is 0 Å². The Morgan fingerprint density at radius 1 is 0.731 bits per heavy atom. The van der Waals surface area contributed by atoms with E-state index in [0.29, 0.717) is 73.0 Å². The molecule has 0 saturated heterocycles. The van der Waals surface area contributed by atoms with Gasteiger partial charge in [-0.25, -0.2) is 9.59 Å². The smallest absolute Gasteiger partial charge is 0.342 e. The van der Waals surface area contributed by atoms with Crippen molar-refractivity contribution in [1.29, 1.82) is 0 Å². The number of hydrogen-bond donors (Lipinski definition) is 1. The number of carbonyl (C=O) groups is 2. The SMILES string of the molecule is CCOC(=O)c1c(-c2ccc(Cl)cc2)oc2cc(N)c(C3CC3)cc12.CCOC(=O)c1c(-c2ccc(Cl)cc2)oc2cc([N+](=O)[O-])c(C3CC3)cc12. The molecule has 0 amide bonds. The van der Waals surface area contributed by atoms with E-state index in [1.807, 2.05) is 24.3 Å². The maximum atomic E-state index is 12.7. The molecule has 0 atom stereocenters. The molecule has 2 saturated carbocycles. The second kappa shape index (κ2) is 14.4. The lowest BCUT2D eigenvalue weighted by Gasteiger charge is -2.05. The van der Waals surface area contributed by atoms with E-state index in [4.69, 9.17) is 47.2 Å². The van der Waals surface area contributed by atoms with E-state index in [-0.39, 0.29) is 23.8 Å². The quantitative estimate of drug-likeness (QED) is 0.0661. The van der Waals surface area contributed by atoms with Crippen LogP contribution in [0.15, 0.2) is 81.6 Å². The van der Waals surface area contributed by atoms with Crippen molar-refractivity contribution >= 4 is 68.5 Å². The summed E-state index contributed by atoms with van der Waals surface area (Å²) in [6.07, 6.45) is 4.07. The van der Waals surface area contributed by atoms with Crippen LogP contribution in [-0.2, 0) is 9.47 Å². The number of nitro groups is 1. The maximum absolute atomic E-state index is 12.7. The van der Waals surface area contributed by atoms with Crippen LogP contribution in [0.2, 0.25) is 10.0 Å². The Bertz CT molecular complexity index is 2340. The van der Waals surface area contributed by atoms with Crippen LogP contribution >= 0.6 is 23.2 Å². The Kier molecular flexibility index (Phi) is 9.69. The Balaban J connectivity index is 0.000000162. The zero-order chi connectivity index (χ0) is 36.7. The first kappa shape index (κ1) is 35.1. The lowest BCUT2D eigenvalue weighted by Crippen LogP contribution is -2.05. The average molecular weight is 742 g/mol. The summed E-state index contributed by atoms with van der Waals surface area (Å²) in [5, 5.41) is 14.0. The molecule has 2 aromatic heterocycles. The van der Waals surface area contributed by atoms with Crippen molar-refractivity contribution in [3.8, 4) is 22.6 Å². The van der Waals surface area contributed by atoms with Crippen molar-refractivity contribution in [2.45, 2.75) is 51.4 Å². The second-order valence-electron chi connectivity index (χ2n) is 12.8. The normalized spacial score (nSPS) is 13.8. The lowest BCUT2D eigenvalue weighted by molar-refractivity contribution is -0.385. The van der Waals surface area contributed by atoms with Gasteiger partial charge in [0.1, 0.15) is 33.8 Å². The number of nitrogens with zero attached hydrogens (tertiary/aromatic N) is 1. The van der Waals surface area contributed by atoms with Crippen LogP contribution in [0.3, 0.4) is 0 Å². The maximum Gasteiger partial charge on any atom is 0.342 e. The number of hydrogen-bond acceptors (Lipinski definition) is 9. The summed E-state index contributed by atoms with van der Waals surface area (Å²) < 4.78 is 22.4. The van der Waals surface area contributed by atoms with Crippen LogP contribution in [0.25, 0.3) is 44.6 Å². The molecule has 0 radical (unpaired) electrons. The highest BCUT2D eigenvalue weighted by Gasteiger charge is 2.34. The molecule has 8 rings (SSSR count). The van der Waals surface area contributed by atoms with Crippen LogP contribution in [0.1, 0.15) is 83.2 Å². The van der Waals surface area contributed by atoms with Crippen molar-refractivity contribution < 1.29 is 32.8 Å². The summed E-state index contributed by atoms with van der Waals surface area (Å²) in [4.78, 5) is 36.4. The minimum atomic E-state index is -0.517. The van der Waals surface area contributed by atoms with Gasteiger partial charge < -0.3 is 24.0 Å². The number of anilines is 1. The minimum Gasteiger partial charge on any atom is -0.462 e. The topological polar surface area (TPSA) is 148 Å². The predicted molar refractivity (Wildman–Crippen MR) is 200 cm³/mol. The van der Waals surface area contributed by atoms with Crippen molar-refractivity contribution in [3.05, 3.63) is 115 Å². The number of nitro benzene ring substituents is 1. The molecule has 2 heterocycles. The highest BCUT2D eigenvalue weighted by atomic mass is 35.5. The summed E-state index contributed by atoms with van der Waals surface area (Å²) in [5.74, 6) is 0.529.